The molecule has 0 atom stereocenters. The zero-order valence-electron chi connectivity index (χ0n) is 13.2. The quantitative estimate of drug-likeness (QED) is 0.893. The lowest BCUT2D eigenvalue weighted by Gasteiger charge is -2.36. The molecule has 0 aliphatic carbocycles. The zero-order valence-corrected chi connectivity index (χ0v) is 13.2. The van der Waals surface area contributed by atoms with Crippen molar-refractivity contribution in [1.82, 2.24) is 14.9 Å². The van der Waals surface area contributed by atoms with Crippen molar-refractivity contribution in [2.24, 2.45) is 0 Å². The molecular formula is C15H27N5. The van der Waals surface area contributed by atoms with Gasteiger partial charge in [-0.2, -0.15) is 4.98 Å². The zero-order chi connectivity index (χ0) is 14.5. The van der Waals surface area contributed by atoms with Crippen molar-refractivity contribution in [3.05, 3.63) is 11.8 Å². The van der Waals surface area contributed by atoms with Gasteiger partial charge in [-0.1, -0.05) is 6.92 Å². The first-order valence-corrected chi connectivity index (χ1v) is 7.61. The number of aryl methyl sites for hydroxylation is 1. The van der Waals surface area contributed by atoms with Crippen LogP contribution in [0.1, 0.15) is 31.9 Å². The van der Waals surface area contributed by atoms with Crippen molar-refractivity contribution in [2.75, 3.05) is 43.9 Å². The Morgan fingerprint density at radius 3 is 2.60 bits per heavy atom. The van der Waals surface area contributed by atoms with Gasteiger partial charge in [0.2, 0.25) is 5.95 Å². The summed E-state index contributed by atoms with van der Waals surface area (Å²) < 4.78 is 0. The molecular weight excluding hydrogens is 250 g/mol. The van der Waals surface area contributed by atoms with E-state index in [0.29, 0.717) is 6.04 Å². The molecule has 0 unspecified atom stereocenters. The van der Waals surface area contributed by atoms with Crippen molar-refractivity contribution in [1.29, 1.82) is 0 Å². The second-order valence-corrected chi connectivity index (χ2v) is 5.80. The van der Waals surface area contributed by atoms with Crippen molar-refractivity contribution in [3.63, 3.8) is 0 Å². The van der Waals surface area contributed by atoms with Gasteiger partial charge in [-0.3, -0.25) is 0 Å². The number of rotatable bonds is 5. The Kier molecular flexibility index (Phi) is 5.17. The monoisotopic (exact) mass is 277 g/mol. The molecule has 2 rings (SSSR count). The maximum absolute atomic E-state index is 4.65. The number of piperidine rings is 1. The molecule has 20 heavy (non-hydrogen) atoms. The lowest BCUT2D eigenvalue weighted by atomic mass is 10.0. The summed E-state index contributed by atoms with van der Waals surface area (Å²) in [6.45, 7) is 7.26. The van der Waals surface area contributed by atoms with Gasteiger partial charge in [0, 0.05) is 37.4 Å². The van der Waals surface area contributed by atoms with Crippen LogP contribution in [0.15, 0.2) is 6.07 Å². The first kappa shape index (κ1) is 15.0. The Labute approximate surface area is 122 Å². The fourth-order valence-electron chi connectivity index (χ4n) is 2.64. The van der Waals surface area contributed by atoms with Gasteiger partial charge in [0.25, 0.3) is 0 Å². The van der Waals surface area contributed by atoms with Crippen LogP contribution in [0.25, 0.3) is 0 Å². The second-order valence-electron chi connectivity index (χ2n) is 5.80. The summed E-state index contributed by atoms with van der Waals surface area (Å²) in [5, 5.41) is 3.28. The summed E-state index contributed by atoms with van der Waals surface area (Å²) in [7, 11) is 4.34. The molecule has 1 N–H and O–H groups in total. The minimum absolute atomic E-state index is 0.701. The topological polar surface area (TPSA) is 44.3 Å². The highest BCUT2D eigenvalue weighted by Crippen LogP contribution is 2.21. The molecule has 0 bridgehead atoms. The van der Waals surface area contributed by atoms with E-state index in [9.17, 15) is 0 Å². The standard InChI is InChI=1S/C15H27N5/c1-5-8-16-15-17-12(2)11-14(18-15)20-9-6-13(7-10-20)19(3)4/h11,13H,5-10H2,1-4H3,(H,16,17,18). The fourth-order valence-corrected chi connectivity index (χ4v) is 2.64. The molecule has 5 nitrogen and oxygen atoms in total. The van der Waals surface area contributed by atoms with Crippen molar-refractivity contribution >= 4 is 11.8 Å². The molecule has 1 aromatic heterocycles. The van der Waals surface area contributed by atoms with Gasteiger partial charge in [0.15, 0.2) is 0 Å². The molecule has 0 radical (unpaired) electrons. The van der Waals surface area contributed by atoms with E-state index in [1.807, 2.05) is 6.92 Å². The van der Waals surface area contributed by atoms with Gasteiger partial charge >= 0.3 is 0 Å². The maximum atomic E-state index is 4.65. The van der Waals surface area contributed by atoms with Crippen LogP contribution in [0.5, 0.6) is 0 Å². The fraction of sp³-hybridized carbons (Fsp3) is 0.733. The van der Waals surface area contributed by atoms with E-state index in [4.69, 9.17) is 0 Å². The number of aromatic nitrogens is 2. The lowest BCUT2D eigenvalue weighted by Crippen LogP contribution is -2.42. The number of hydrogen-bond acceptors (Lipinski definition) is 5. The molecule has 1 aliphatic heterocycles. The summed E-state index contributed by atoms with van der Waals surface area (Å²) in [4.78, 5) is 13.8. The molecule has 0 spiro atoms. The summed E-state index contributed by atoms with van der Waals surface area (Å²) in [6, 6.07) is 2.79. The van der Waals surface area contributed by atoms with Crippen LogP contribution in [0.2, 0.25) is 0 Å². The molecule has 0 saturated carbocycles. The Hall–Kier alpha value is -1.36. The van der Waals surface area contributed by atoms with Crippen LogP contribution < -0.4 is 10.2 Å². The minimum Gasteiger partial charge on any atom is -0.356 e. The summed E-state index contributed by atoms with van der Waals surface area (Å²) in [5.41, 5.74) is 1.03. The third-order valence-electron chi connectivity index (χ3n) is 3.89. The molecule has 0 aromatic carbocycles. The largest absolute Gasteiger partial charge is 0.356 e. The maximum Gasteiger partial charge on any atom is 0.224 e. The lowest BCUT2D eigenvalue weighted by molar-refractivity contribution is 0.249. The van der Waals surface area contributed by atoms with E-state index in [-0.39, 0.29) is 0 Å². The van der Waals surface area contributed by atoms with Crippen LogP contribution in [-0.4, -0.2) is 54.6 Å². The highest BCUT2D eigenvalue weighted by molar-refractivity contribution is 5.45. The Bertz CT molecular complexity index is 424. The average molecular weight is 277 g/mol. The van der Waals surface area contributed by atoms with Gasteiger partial charge in [0.1, 0.15) is 5.82 Å². The third-order valence-corrected chi connectivity index (χ3v) is 3.89. The van der Waals surface area contributed by atoms with Crippen LogP contribution in [0.3, 0.4) is 0 Å². The van der Waals surface area contributed by atoms with E-state index in [0.717, 1.165) is 43.5 Å². The van der Waals surface area contributed by atoms with Crippen LogP contribution in [0.4, 0.5) is 11.8 Å². The minimum atomic E-state index is 0.701. The van der Waals surface area contributed by atoms with E-state index < -0.39 is 0 Å². The third kappa shape index (κ3) is 3.82. The smallest absolute Gasteiger partial charge is 0.224 e. The Morgan fingerprint density at radius 2 is 2.00 bits per heavy atom. The van der Waals surface area contributed by atoms with Crippen LogP contribution in [-0.2, 0) is 0 Å². The van der Waals surface area contributed by atoms with Gasteiger partial charge in [0.05, 0.1) is 0 Å². The highest BCUT2D eigenvalue weighted by Gasteiger charge is 2.21. The van der Waals surface area contributed by atoms with Gasteiger partial charge in [-0.15, -0.1) is 0 Å². The van der Waals surface area contributed by atoms with E-state index in [1.165, 1.54) is 12.8 Å². The highest BCUT2D eigenvalue weighted by atomic mass is 15.2. The van der Waals surface area contributed by atoms with Crippen LogP contribution >= 0.6 is 0 Å². The van der Waals surface area contributed by atoms with Crippen molar-refractivity contribution in [3.8, 4) is 0 Å². The van der Waals surface area contributed by atoms with E-state index in [1.54, 1.807) is 0 Å². The van der Waals surface area contributed by atoms with Gasteiger partial charge in [-0.05, 0) is 40.3 Å². The molecule has 2 heterocycles. The molecule has 5 heteroatoms. The van der Waals surface area contributed by atoms with E-state index in [2.05, 4.69) is 52.2 Å². The number of nitrogens with one attached hydrogen (secondary N) is 1. The summed E-state index contributed by atoms with van der Waals surface area (Å²) in [6.07, 6.45) is 3.49. The van der Waals surface area contributed by atoms with Gasteiger partial charge < -0.3 is 15.1 Å². The Balaban J connectivity index is 2.03. The second kappa shape index (κ2) is 6.88. The van der Waals surface area contributed by atoms with E-state index >= 15 is 0 Å². The average Bonchev–Trinajstić information content (AvgIpc) is 2.44. The van der Waals surface area contributed by atoms with Crippen molar-refractivity contribution < 1.29 is 0 Å². The SMILES string of the molecule is CCCNc1nc(C)cc(N2CCC(N(C)C)CC2)n1. The number of nitrogens with zero attached hydrogens (tertiary/aromatic N) is 4. The summed E-state index contributed by atoms with van der Waals surface area (Å²) in [5.74, 6) is 1.82. The Morgan fingerprint density at radius 1 is 1.30 bits per heavy atom. The molecule has 0 amide bonds. The first-order chi connectivity index (χ1) is 9.60. The number of anilines is 2. The molecule has 1 aromatic rings. The molecule has 1 aliphatic rings. The molecule has 1 fully saturated rings. The molecule has 1 saturated heterocycles. The predicted molar refractivity (Wildman–Crippen MR) is 84.5 cm³/mol. The predicted octanol–water partition coefficient (Wildman–Crippen LogP) is 2.14. The van der Waals surface area contributed by atoms with Crippen molar-refractivity contribution in [2.45, 2.75) is 39.2 Å². The first-order valence-electron chi connectivity index (χ1n) is 7.61. The van der Waals surface area contributed by atoms with Crippen LogP contribution in [0, 0.1) is 6.92 Å². The number of hydrogen-bond donors (Lipinski definition) is 1. The van der Waals surface area contributed by atoms with Gasteiger partial charge in [-0.25, -0.2) is 4.98 Å². The normalized spacial score (nSPS) is 16.8. The molecule has 112 valence electrons. The summed E-state index contributed by atoms with van der Waals surface area (Å²) >= 11 is 0.